The lowest BCUT2D eigenvalue weighted by Gasteiger charge is -2.12. The number of hydrogen-bond donors (Lipinski definition) is 0. The molecule has 2 aromatic carbocycles. The molecule has 0 aliphatic heterocycles. The molecule has 2 rings (SSSR count). The summed E-state index contributed by atoms with van der Waals surface area (Å²) in [4.78, 5) is 0. The Bertz CT molecular complexity index is 588. The van der Waals surface area contributed by atoms with Gasteiger partial charge in [0.15, 0.2) is 0 Å². The van der Waals surface area contributed by atoms with E-state index < -0.39 is 0 Å². The summed E-state index contributed by atoms with van der Waals surface area (Å²) in [6, 6.07) is 19.0. The van der Waals surface area contributed by atoms with E-state index in [1.165, 1.54) is 22.3 Å². The van der Waals surface area contributed by atoms with Crippen molar-refractivity contribution < 1.29 is 0 Å². The first-order chi connectivity index (χ1) is 9.58. The van der Waals surface area contributed by atoms with Gasteiger partial charge >= 0.3 is 0 Å². The second-order valence-corrected chi connectivity index (χ2v) is 5.49. The van der Waals surface area contributed by atoms with Gasteiger partial charge in [-0.2, -0.15) is 0 Å². The largest absolute Gasteiger partial charge is 0.0999 e. The molecule has 0 amide bonds. The first-order valence-corrected chi connectivity index (χ1v) is 7.07. The number of benzene rings is 2. The van der Waals surface area contributed by atoms with E-state index in [9.17, 15) is 0 Å². The molecule has 0 aromatic heterocycles. The summed E-state index contributed by atoms with van der Waals surface area (Å²) in [6.07, 6.45) is 1.05. The highest BCUT2D eigenvalue weighted by Gasteiger charge is 2.05. The average molecular weight is 262 g/mol. The first kappa shape index (κ1) is 14.3. The summed E-state index contributed by atoms with van der Waals surface area (Å²) in [6.45, 7) is 12.5. The predicted molar refractivity (Wildman–Crippen MR) is 88.7 cm³/mol. The molecule has 0 bridgehead atoms. The van der Waals surface area contributed by atoms with Crippen LogP contribution in [0.5, 0.6) is 0 Å². The van der Waals surface area contributed by atoms with Gasteiger partial charge in [-0.3, -0.25) is 0 Å². The van der Waals surface area contributed by atoms with Crippen molar-refractivity contribution in [1.82, 2.24) is 0 Å². The van der Waals surface area contributed by atoms with Gasteiger partial charge in [-0.05, 0) is 41.5 Å². The third-order valence-electron chi connectivity index (χ3n) is 3.81. The van der Waals surface area contributed by atoms with E-state index >= 15 is 0 Å². The van der Waals surface area contributed by atoms with Crippen molar-refractivity contribution >= 4 is 5.57 Å². The Morgan fingerprint density at radius 3 is 2.00 bits per heavy atom. The third kappa shape index (κ3) is 3.48. The van der Waals surface area contributed by atoms with Gasteiger partial charge < -0.3 is 0 Å². The predicted octanol–water partition coefficient (Wildman–Crippen LogP) is 5.50. The van der Waals surface area contributed by atoms with Gasteiger partial charge in [-0.1, -0.05) is 80.3 Å². The Balaban J connectivity index is 2.12. The van der Waals surface area contributed by atoms with E-state index in [4.69, 9.17) is 0 Å². The first-order valence-electron chi connectivity index (χ1n) is 7.07. The van der Waals surface area contributed by atoms with Crippen molar-refractivity contribution in [3.63, 3.8) is 0 Å². The van der Waals surface area contributed by atoms with E-state index in [1.807, 2.05) is 18.2 Å². The van der Waals surface area contributed by atoms with Crippen molar-refractivity contribution in [3.05, 3.63) is 90.0 Å². The lowest BCUT2D eigenvalue weighted by Crippen LogP contribution is -2.00. The highest BCUT2D eigenvalue weighted by molar-refractivity contribution is 5.77. The second-order valence-electron chi connectivity index (χ2n) is 5.49. The quantitative estimate of drug-likeness (QED) is 0.624. The SMILES string of the molecule is C=C(c1ccccc1)c1ccc(C[C@H](C)C(=C)C)cc1. The lowest BCUT2D eigenvalue weighted by atomic mass is 9.93. The monoisotopic (exact) mass is 262 g/mol. The highest BCUT2D eigenvalue weighted by atomic mass is 14.1. The van der Waals surface area contributed by atoms with Crippen molar-refractivity contribution in [1.29, 1.82) is 0 Å². The van der Waals surface area contributed by atoms with Gasteiger partial charge in [0.05, 0.1) is 0 Å². The molecule has 0 saturated carbocycles. The molecule has 0 heterocycles. The average Bonchev–Trinajstić information content (AvgIpc) is 2.48. The standard InChI is InChI=1S/C20H22/c1-15(2)16(3)14-18-10-12-20(13-11-18)17(4)19-8-6-5-7-9-19/h5-13,16H,1,4,14H2,2-3H3/t16-/m0/s1. The highest BCUT2D eigenvalue weighted by Crippen LogP contribution is 2.23. The minimum absolute atomic E-state index is 0.526. The fourth-order valence-electron chi connectivity index (χ4n) is 2.18. The second kappa shape index (κ2) is 6.38. The van der Waals surface area contributed by atoms with Crippen LogP contribution in [0.25, 0.3) is 5.57 Å². The molecule has 0 nitrogen and oxygen atoms in total. The molecule has 0 aliphatic rings. The van der Waals surface area contributed by atoms with E-state index in [0.717, 1.165) is 12.0 Å². The van der Waals surface area contributed by atoms with E-state index in [2.05, 4.69) is 63.4 Å². The zero-order chi connectivity index (χ0) is 14.5. The lowest BCUT2D eigenvalue weighted by molar-refractivity contribution is 0.680. The van der Waals surface area contributed by atoms with E-state index in [1.54, 1.807) is 0 Å². The molecule has 2 aromatic rings. The summed E-state index contributed by atoms with van der Waals surface area (Å²) in [5.74, 6) is 0.526. The van der Waals surface area contributed by atoms with Crippen LogP contribution in [-0.2, 0) is 6.42 Å². The molecule has 20 heavy (non-hydrogen) atoms. The Labute approximate surface area is 122 Å². The van der Waals surface area contributed by atoms with Gasteiger partial charge in [-0.15, -0.1) is 0 Å². The molecular weight excluding hydrogens is 240 g/mol. The van der Waals surface area contributed by atoms with Gasteiger partial charge in [0.25, 0.3) is 0 Å². The van der Waals surface area contributed by atoms with Gasteiger partial charge in [0.1, 0.15) is 0 Å². The normalized spacial score (nSPS) is 11.9. The maximum Gasteiger partial charge on any atom is -0.0183 e. The summed E-state index contributed by atoms with van der Waals surface area (Å²) >= 11 is 0. The topological polar surface area (TPSA) is 0 Å². The Morgan fingerprint density at radius 1 is 0.900 bits per heavy atom. The maximum absolute atomic E-state index is 4.20. The van der Waals surface area contributed by atoms with Gasteiger partial charge in [0, 0.05) is 0 Å². The molecular formula is C20H22. The van der Waals surface area contributed by atoms with Crippen LogP contribution in [0.1, 0.15) is 30.5 Å². The summed E-state index contributed by atoms with van der Waals surface area (Å²) < 4.78 is 0. The molecule has 0 unspecified atom stereocenters. The van der Waals surface area contributed by atoms with Crippen LogP contribution in [0.2, 0.25) is 0 Å². The Hall–Kier alpha value is -2.08. The maximum atomic E-state index is 4.20. The van der Waals surface area contributed by atoms with E-state index in [0.29, 0.717) is 5.92 Å². The molecule has 0 saturated heterocycles. The van der Waals surface area contributed by atoms with Crippen LogP contribution in [-0.4, -0.2) is 0 Å². The van der Waals surface area contributed by atoms with Crippen molar-refractivity contribution in [2.24, 2.45) is 5.92 Å². The Kier molecular flexibility index (Phi) is 4.57. The summed E-state index contributed by atoms with van der Waals surface area (Å²) in [7, 11) is 0. The number of hydrogen-bond acceptors (Lipinski definition) is 0. The molecule has 1 atom stereocenters. The molecule has 102 valence electrons. The van der Waals surface area contributed by atoms with Crippen LogP contribution < -0.4 is 0 Å². The Morgan fingerprint density at radius 2 is 1.45 bits per heavy atom. The van der Waals surface area contributed by atoms with Gasteiger partial charge in [-0.25, -0.2) is 0 Å². The van der Waals surface area contributed by atoms with Crippen LogP contribution in [0.15, 0.2) is 73.3 Å². The smallest absolute Gasteiger partial charge is 0.0183 e. The number of rotatable bonds is 5. The van der Waals surface area contributed by atoms with Crippen LogP contribution in [0.4, 0.5) is 0 Å². The summed E-state index contributed by atoms with van der Waals surface area (Å²) in [5.41, 5.74) is 6.02. The molecule has 0 aliphatic carbocycles. The van der Waals surface area contributed by atoms with Gasteiger partial charge in [0.2, 0.25) is 0 Å². The minimum Gasteiger partial charge on any atom is -0.0999 e. The zero-order valence-electron chi connectivity index (χ0n) is 12.4. The molecule has 0 spiro atoms. The van der Waals surface area contributed by atoms with Crippen LogP contribution in [0.3, 0.4) is 0 Å². The van der Waals surface area contributed by atoms with Crippen LogP contribution in [0, 0.1) is 5.92 Å². The fraction of sp³-hybridized carbons (Fsp3) is 0.200. The number of allylic oxidation sites excluding steroid dienone is 1. The summed E-state index contributed by atoms with van der Waals surface area (Å²) in [5, 5.41) is 0. The van der Waals surface area contributed by atoms with Crippen LogP contribution >= 0.6 is 0 Å². The van der Waals surface area contributed by atoms with Crippen molar-refractivity contribution in [3.8, 4) is 0 Å². The zero-order valence-corrected chi connectivity index (χ0v) is 12.4. The fourth-order valence-corrected chi connectivity index (χ4v) is 2.18. The third-order valence-corrected chi connectivity index (χ3v) is 3.81. The minimum atomic E-state index is 0.526. The molecule has 0 fully saturated rings. The molecule has 0 radical (unpaired) electrons. The molecule has 0 heteroatoms. The molecule has 0 N–H and O–H groups in total. The van der Waals surface area contributed by atoms with Crippen molar-refractivity contribution in [2.45, 2.75) is 20.3 Å². The van der Waals surface area contributed by atoms with E-state index in [-0.39, 0.29) is 0 Å². The van der Waals surface area contributed by atoms with Crippen molar-refractivity contribution in [2.75, 3.05) is 0 Å².